The predicted octanol–water partition coefficient (Wildman–Crippen LogP) is 0.190. The zero-order valence-corrected chi connectivity index (χ0v) is 13.4. The minimum atomic E-state index is -3.54. The fourth-order valence-corrected chi connectivity index (χ4v) is 3.37. The van der Waals surface area contributed by atoms with Crippen LogP contribution in [0.15, 0.2) is 29.8 Å². The third-order valence-corrected chi connectivity index (χ3v) is 4.98. The molecule has 23 heavy (non-hydrogen) atoms. The Morgan fingerprint density at radius 1 is 1.22 bits per heavy atom. The van der Waals surface area contributed by atoms with Gasteiger partial charge in [0.05, 0.1) is 24.4 Å². The van der Waals surface area contributed by atoms with Gasteiger partial charge in [0, 0.05) is 32.2 Å². The van der Waals surface area contributed by atoms with Crippen molar-refractivity contribution < 1.29 is 8.42 Å². The molecule has 3 N–H and O–H groups in total. The molecule has 1 saturated heterocycles. The van der Waals surface area contributed by atoms with Crippen LogP contribution in [0, 0.1) is 0 Å². The van der Waals surface area contributed by atoms with Gasteiger partial charge in [-0.05, 0) is 12.8 Å². The van der Waals surface area contributed by atoms with E-state index in [9.17, 15) is 8.42 Å². The summed E-state index contributed by atoms with van der Waals surface area (Å²) in [6.07, 6.45) is 6.73. The fourth-order valence-electron chi connectivity index (χ4n) is 2.43. The molecule has 1 aliphatic heterocycles. The summed E-state index contributed by atoms with van der Waals surface area (Å²) >= 11 is 0. The van der Waals surface area contributed by atoms with Gasteiger partial charge in [-0.25, -0.2) is 18.1 Å². The molecule has 0 atom stereocenters. The van der Waals surface area contributed by atoms with E-state index in [1.807, 2.05) is 6.07 Å². The third-order valence-electron chi connectivity index (χ3n) is 3.60. The number of nitrogens with zero attached hydrogens (tertiary/aromatic N) is 4. The van der Waals surface area contributed by atoms with Gasteiger partial charge >= 0.3 is 0 Å². The Labute approximate surface area is 134 Å². The van der Waals surface area contributed by atoms with Crippen molar-refractivity contribution in [1.29, 1.82) is 0 Å². The van der Waals surface area contributed by atoms with Crippen molar-refractivity contribution in [2.45, 2.75) is 17.9 Å². The first-order valence-corrected chi connectivity index (χ1v) is 8.93. The Morgan fingerprint density at radius 2 is 2.04 bits per heavy atom. The lowest BCUT2D eigenvalue weighted by Crippen LogP contribution is -2.29. The molecule has 0 amide bonds. The van der Waals surface area contributed by atoms with Crippen LogP contribution in [-0.2, 0) is 10.0 Å². The number of aromatic amines is 1. The topological polar surface area (TPSA) is 116 Å². The summed E-state index contributed by atoms with van der Waals surface area (Å²) in [5.74, 6) is 0.634. The molecule has 0 unspecified atom stereocenters. The van der Waals surface area contributed by atoms with Crippen LogP contribution in [0.1, 0.15) is 12.8 Å². The van der Waals surface area contributed by atoms with E-state index in [2.05, 4.69) is 35.1 Å². The van der Waals surface area contributed by atoms with Crippen LogP contribution in [0.4, 0.5) is 11.5 Å². The second-order valence-electron chi connectivity index (χ2n) is 5.23. The molecule has 1 fully saturated rings. The number of sulfonamides is 1. The Bertz CT molecular complexity index is 727. The monoisotopic (exact) mass is 337 g/mol. The summed E-state index contributed by atoms with van der Waals surface area (Å²) < 4.78 is 26.3. The van der Waals surface area contributed by atoms with Crippen LogP contribution >= 0.6 is 0 Å². The average Bonchev–Trinajstić information content (AvgIpc) is 3.25. The number of aromatic nitrogens is 4. The molecule has 0 saturated carbocycles. The number of hydrogen-bond donors (Lipinski definition) is 3. The lowest BCUT2D eigenvalue weighted by atomic mass is 10.4. The lowest BCUT2D eigenvalue weighted by molar-refractivity contribution is 0.579. The van der Waals surface area contributed by atoms with Crippen LogP contribution in [0.25, 0.3) is 0 Å². The zero-order chi connectivity index (χ0) is 16.1. The van der Waals surface area contributed by atoms with Crippen LogP contribution in [0.5, 0.6) is 0 Å². The number of rotatable bonds is 7. The maximum absolute atomic E-state index is 11.9. The van der Waals surface area contributed by atoms with Crippen molar-refractivity contribution in [3.8, 4) is 0 Å². The van der Waals surface area contributed by atoms with Gasteiger partial charge in [-0.2, -0.15) is 5.10 Å². The van der Waals surface area contributed by atoms with Crippen molar-refractivity contribution >= 4 is 21.5 Å². The van der Waals surface area contributed by atoms with Gasteiger partial charge < -0.3 is 15.2 Å². The first-order valence-electron chi connectivity index (χ1n) is 7.45. The van der Waals surface area contributed by atoms with Crippen molar-refractivity contribution in [1.82, 2.24) is 24.9 Å². The Morgan fingerprint density at radius 3 is 2.78 bits per heavy atom. The summed E-state index contributed by atoms with van der Waals surface area (Å²) in [5.41, 5.74) is 1.04. The molecule has 9 nitrogen and oxygen atoms in total. The largest absolute Gasteiger partial charge is 0.370 e. The summed E-state index contributed by atoms with van der Waals surface area (Å²) in [6.45, 7) is 2.71. The molecular weight excluding hydrogens is 318 g/mol. The minimum absolute atomic E-state index is 0.0494. The summed E-state index contributed by atoms with van der Waals surface area (Å²) in [7, 11) is -3.54. The first kappa shape index (κ1) is 15.7. The highest BCUT2D eigenvalue weighted by Crippen LogP contribution is 2.20. The Kier molecular flexibility index (Phi) is 4.72. The molecule has 0 bridgehead atoms. The first-order chi connectivity index (χ1) is 11.1. The van der Waals surface area contributed by atoms with Gasteiger partial charge in [0.15, 0.2) is 10.8 Å². The second-order valence-corrected chi connectivity index (χ2v) is 6.97. The van der Waals surface area contributed by atoms with E-state index in [1.54, 1.807) is 6.20 Å². The van der Waals surface area contributed by atoms with E-state index >= 15 is 0 Å². The van der Waals surface area contributed by atoms with Crippen molar-refractivity contribution in [3.05, 3.63) is 24.8 Å². The predicted molar refractivity (Wildman–Crippen MR) is 85.7 cm³/mol. The number of anilines is 2. The van der Waals surface area contributed by atoms with Gasteiger partial charge in [-0.15, -0.1) is 5.10 Å². The van der Waals surface area contributed by atoms with E-state index < -0.39 is 10.0 Å². The van der Waals surface area contributed by atoms with E-state index in [1.165, 1.54) is 25.4 Å². The highest BCUT2D eigenvalue weighted by Gasteiger charge is 2.15. The highest BCUT2D eigenvalue weighted by atomic mass is 32.2. The van der Waals surface area contributed by atoms with Gasteiger partial charge in [0.1, 0.15) is 0 Å². The molecule has 3 heterocycles. The maximum atomic E-state index is 11.9. The molecule has 1 aliphatic rings. The van der Waals surface area contributed by atoms with Crippen molar-refractivity contribution in [2.75, 3.05) is 36.4 Å². The molecule has 2 aromatic heterocycles. The van der Waals surface area contributed by atoms with E-state index in [4.69, 9.17) is 0 Å². The molecule has 0 spiro atoms. The number of nitrogens with one attached hydrogen (secondary N) is 3. The van der Waals surface area contributed by atoms with Crippen LogP contribution < -0.4 is 14.9 Å². The molecule has 124 valence electrons. The Hall–Kier alpha value is -2.20. The quantitative estimate of drug-likeness (QED) is 0.618. The highest BCUT2D eigenvalue weighted by molar-refractivity contribution is 7.89. The third kappa shape index (κ3) is 3.96. The smallest absolute Gasteiger partial charge is 0.257 e. The van der Waals surface area contributed by atoms with E-state index in [0.29, 0.717) is 12.4 Å². The molecule has 0 aliphatic carbocycles. The molecular formula is C13H19N7O2S. The van der Waals surface area contributed by atoms with E-state index in [-0.39, 0.29) is 11.6 Å². The average molecular weight is 337 g/mol. The molecule has 3 rings (SSSR count). The number of hydrogen-bond acceptors (Lipinski definition) is 7. The molecule has 2 aromatic rings. The molecule has 0 radical (unpaired) electrons. The van der Waals surface area contributed by atoms with Crippen LogP contribution in [-0.4, -0.2) is 54.8 Å². The van der Waals surface area contributed by atoms with Gasteiger partial charge in [-0.3, -0.25) is 0 Å². The van der Waals surface area contributed by atoms with Crippen LogP contribution in [0.3, 0.4) is 0 Å². The lowest BCUT2D eigenvalue weighted by Gasteiger charge is -2.17. The van der Waals surface area contributed by atoms with Crippen molar-refractivity contribution in [2.24, 2.45) is 0 Å². The summed E-state index contributed by atoms with van der Waals surface area (Å²) in [6, 6.07) is 1.93. The maximum Gasteiger partial charge on any atom is 0.257 e. The van der Waals surface area contributed by atoms with Crippen molar-refractivity contribution in [3.63, 3.8) is 0 Å². The SMILES string of the molecule is O=S(=O)(NCCNc1cc(N2CCCC2)cnn1)c1cnc[nH]1. The standard InChI is InChI=1S/C13H19N7O2S/c21-23(22,13-9-14-10-16-13)18-4-3-15-12-7-11(8-17-19-12)20-5-1-2-6-20/h7-10,18H,1-6H2,(H,14,16)(H,15,19). The van der Waals surface area contributed by atoms with Gasteiger partial charge in [-0.1, -0.05) is 0 Å². The van der Waals surface area contributed by atoms with Crippen LogP contribution in [0.2, 0.25) is 0 Å². The van der Waals surface area contributed by atoms with Gasteiger partial charge in [0.25, 0.3) is 10.0 Å². The number of imidazole rings is 1. The second kappa shape index (κ2) is 6.92. The molecule has 10 heteroatoms. The number of H-pyrrole nitrogens is 1. The minimum Gasteiger partial charge on any atom is -0.370 e. The van der Waals surface area contributed by atoms with Gasteiger partial charge in [0.2, 0.25) is 0 Å². The molecule has 0 aromatic carbocycles. The summed E-state index contributed by atoms with van der Waals surface area (Å²) in [4.78, 5) is 8.53. The fraction of sp³-hybridized carbons (Fsp3) is 0.462. The normalized spacial score (nSPS) is 15.0. The Balaban J connectivity index is 1.50. The zero-order valence-electron chi connectivity index (χ0n) is 12.6. The summed E-state index contributed by atoms with van der Waals surface area (Å²) in [5, 5.41) is 11.1. The van der Waals surface area contributed by atoms with E-state index in [0.717, 1.165) is 18.8 Å².